The van der Waals surface area contributed by atoms with Crippen LogP contribution in [0, 0.1) is 0 Å². The van der Waals surface area contributed by atoms with Crippen LogP contribution in [0.4, 0.5) is 0 Å². The van der Waals surface area contributed by atoms with Crippen molar-refractivity contribution in [3.8, 4) is 0 Å². The summed E-state index contributed by atoms with van der Waals surface area (Å²) in [4.78, 5) is 9.03. The third kappa shape index (κ3) is 3.80. The number of imidazole rings is 1. The molecule has 0 atom stereocenters. The minimum Gasteiger partial charge on any atom is -0.333 e. The van der Waals surface area contributed by atoms with Gasteiger partial charge in [0.15, 0.2) is 0 Å². The normalized spacial score (nSPS) is 16.4. The summed E-state index contributed by atoms with van der Waals surface area (Å²) in [6.45, 7) is 7.54. The van der Waals surface area contributed by atoms with E-state index in [9.17, 15) is 0 Å². The maximum Gasteiger partial charge on any atom is 0.122 e. The Morgan fingerprint density at radius 3 is 3.06 bits per heavy atom. The quantitative estimate of drug-likeness (QED) is 0.698. The molecule has 2 rings (SSSR count). The molecule has 0 unspecified atom stereocenters. The minimum atomic E-state index is 0.988. The SMILES string of the molecule is CN(C)CCNCCN1CCn2ccnc2C1. The Morgan fingerprint density at radius 2 is 2.24 bits per heavy atom. The van der Waals surface area contributed by atoms with Crippen molar-refractivity contribution in [1.82, 2.24) is 24.7 Å². The van der Waals surface area contributed by atoms with Crippen LogP contribution >= 0.6 is 0 Å². The zero-order valence-electron chi connectivity index (χ0n) is 10.9. The fraction of sp³-hybridized carbons (Fsp3) is 0.750. The maximum atomic E-state index is 4.37. The number of nitrogens with one attached hydrogen (secondary N) is 1. The van der Waals surface area contributed by atoms with Gasteiger partial charge in [0.2, 0.25) is 0 Å². The van der Waals surface area contributed by atoms with E-state index in [0.717, 1.165) is 45.8 Å². The van der Waals surface area contributed by atoms with Gasteiger partial charge in [-0.2, -0.15) is 0 Å². The Bertz CT molecular complexity index is 333. The van der Waals surface area contributed by atoms with Crippen LogP contribution in [0.15, 0.2) is 12.4 Å². The topological polar surface area (TPSA) is 36.3 Å². The van der Waals surface area contributed by atoms with E-state index in [4.69, 9.17) is 0 Å². The van der Waals surface area contributed by atoms with Crippen molar-refractivity contribution in [3.05, 3.63) is 18.2 Å². The number of hydrogen-bond donors (Lipinski definition) is 1. The summed E-state index contributed by atoms with van der Waals surface area (Å²) in [5.74, 6) is 1.20. The number of hydrogen-bond acceptors (Lipinski definition) is 4. The summed E-state index contributed by atoms with van der Waals surface area (Å²) in [6, 6.07) is 0. The molecular weight excluding hydrogens is 214 g/mol. The molecule has 1 aliphatic heterocycles. The van der Waals surface area contributed by atoms with E-state index in [0.29, 0.717) is 0 Å². The molecule has 0 aromatic carbocycles. The van der Waals surface area contributed by atoms with Crippen molar-refractivity contribution in [2.24, 2.45) is 0 Å². The Balaban J connectivity index is 1.62. The molecule has 0 fully saturated rings. The third-order valence-corrected chi connectivity index (χ3v) is 3.16. The molecule has 0 saturated carbocycles. The predicted octanol–water partition coefficient (Wildman–Crippen LogP) is -0.150. The molecule has 5 heteroatoms. The van der Waals surface area contributed by atoms with Gasteiger partial charge in [-0.1, -0.05) is 0 Å². The first-order valence-corrected chi connectivity index (χ1v) is 6.33. The van der Waals surface area contributed by atoms with Gasteiger partial charge in [-0.3, -0.25) is 4.90 Å². The van der Waals surface area contributed by atoms with Crippen LogP contribution < -0.4 is 5.32 Å². The molecule has 0 radical (unpaired) electrons. The number of nitrogens with zero attached hydrogens (tertiary/aromatic N) is 4. The number of likely N-dealkylation sites (N-methyl/N-ethyl adjacent to an activating group) is 1. The van der Waals surface area contributed by atoms with E-state index in [-0.39, 0.29) is 0 Å². The molecule has 1 aromatic heterocycles. The van der Waals surface area contributed by atoms with Gasteiger partial charge >= 0.3 is 0 Å². The highest BCUT2D eigenvalue weighted by Gasteiger charge is 2.15. The van der Waals surface area contributed by atoms with Gasteiger partial charge in [0.1, 0.15) is 5.82 Å². The van der Waals surface area contributed by atoms with Crippen LogP contribution in [0.5, 0.6) is 0 Å². The molecule has 17 heavy (non-hydrogen) atoms. The summed E-state index contributed by atoms with van der Waals surface area (Å²) in [6.07, 6.45) is 3.97. The van der Waals surface area contributed by atoms with Crippen molar-refractivity contribution in [1.29, 1.82) is 0 Å². The highest BCUT2D eigenvalue weighted by atomic mass is 15.2. The lowest BCUT2D eigenvalue weighted by molar-refractivity contribution is 0.216. The van der Waals surface area contributed by atoms with Gasteiger partial charge in [-0.05, 0) is 14.1 Å². The smallest absolute Gasteiger partial charge is 0.122 e. The van der Waals surface area contributed by atoms with E-state index in [1.807, 2.05) is 6.20 Å². The van der Waals surface area contributed by atoms with Crippen molar-refractivity contribution in [3.63, 3.8) is 0 Å². The molecule has 1 aliphatic rings. The van der Waals surface area contributed by atoms with E-state index >= 15 is 0 Å². The Labute approximate surface area is 103 Å². The molecule has 96 valence electrons. The van der Waals surface area contributed by atoms with Crippen LogP contribution in [-0.2, 0) is 13.1 Å². The van der Waals surface area contributed by atoms with Crippen molar-refractivity contribution >= 4 is 0 Å². The van der Waals surface area contributed by atoms with Crippen LogP contribution in [0.2, 0.25) is 0 Å². The van der Waals surface area contributed by atoms with E-state index in [1.165, 1.54) is 5.82 Å². The van der Waals surface area contributed by atoms with Crippen molar-refractivity contribution in [2.45, 2.75) is 13.1 Å². The van der Waals surface area contributed by atoms with E-state index < -0.39 is 0 Å². The van der Waals surface area contributed by atoms with Gasteiger partial charge in [-0.25, -0.2) is 4.98 Å². The summed E-state index contributed by atoms with van der Waals surface area (Å²) in [5, 5.41) is 3.47. The second-order valence-electron chi connectivity index (χ2n) is 4.87. The summed E-state index contributed by atoms with van der Waals surface area (Å²) in [5.41, 5.74) is 0. The Kier molecular flexibility index (Phi) is 4.53. The van der Waals surface area contributed by atoms with Crippen LogP contribution in [0.1, 0.15) is 5.82 Å². The first-order valence-electron chi connectivity index (χ1n) is 6.33. The lowest BCUT2D eigenvalue weighted by Crippen LogP contribution is -2.39. The van der Waals surface area contributed by atoms with Crippen molar-refractivity contribution < 1.29 is 0 Å². The van der Waals surface area contributed by atoms with Gasteiger partial charge in [0.25, 0.3) is 0 Å². The predicted molar refractivity (Wildman–Crippen MR) is 68.9 cm³/mol. The molecule has 0 spiro atoms. The molecule has 1 N–H and O–H groups in total. The standard InChI is InChI=1S/C12H23N5/c1-15(2)6-3-13-4-7-16-9-10-17-8-5-14-12(17)11-16/h5,8,13H,3-4,6-7,9-11H2,1-2H3. The van der Waals surface area contributed by atoms with Crippen LogP contribution in [0.25, 0.3) is 0 Å². The highest BCUT2D eigenvalue weighted by molar-refractivity contribution is 4.95. The first-order chi connectivity index (χ1) is 8.25. The van der Waals surface area contributed by atoms with Gasteiger partial charge in [0, 0.05) is 51.7 Å². The number of aromatic nitrogens is 2. The Hall–Kier alpha value is -0.910. The third-order valence-electron chi connectivity index (χ3n) is 3.16. The van der Waals surface area contributed by atoms with Gasteiger partial charge in [-0.15, -0.1) is 0 Å². The average Bonchev–Trinajstić information content (AvgIpc) is 2.75. The average molecular weight is 237 g/mol. The molecule has 1 aromatic rings. The molecule has 0 bridgehead atoms. The zero-order valence-corrected chi connectivity index (χ0v) is 10.9. The second-order valence-corrected chi connectivity index (χ2v) is 4.87. The molecule has 2 heterocycles. The van der Waals surface area contributed by atoms with Crippen LogP contribution in [-0.4, -0.2) is 66.2 Å². The van der Waals surface area contributed by atoms with Gasteiger partial charge < -0.3 is 14.8 Å². The summed E-state index contributed by atoms with van der Waals surface area (Å²) >= 11 is 0. The molecule has 0 aliphatic carbocycles. The fourth-order valence-corrected chi connectivity index (χ4v) is 2.08. The van der Waals surface area contributed by atoms with Crippen molar-refractivity contribution in [2.75, 3.05) is 46.8 Å². The van der Waals surface area contributed by atoms with E-state index in [1.54, 1.807) is 0 Å². The second kappa shape index (κ2) is 6.14. The fourth-order valence-electron chi connectivity index (χ4n) is 2.08. The lowest BCUT2D eigenvalue weighted by Gasteiger charge is -2.27. The van der Waals surface area contributed by atoms with E-state index in [2.05, 4.69) is 45.0 Å². The molecule has 0 amide bonds. The number of rotatable bonds is 6. The Morgan fingerprint density at radius 1 is 1.35 bits per heavy atom. The molecule has 5 nitrogen and oxygen atoms in total. The first kappa shape index (κ1) is 12.5. The van der Waals surface area contributed by atoms with Gasteiger partial charge in [0.05, 0.1) is 6.54 Å². The monoisotopic (exact) mass is 237 g/mol. The lowest BCUT2D eigenvalue weighted by atomic mass is 10.3. The zero-order chi connectivity index (χ0) is 12.1. The molecule has 0 saturated heterocycles. The summed E-state index contributed by atoms with van der Waals surface area (Å²) in [7, 11) is 4.21. The summed E-state index contributed by atoms with van der Waals surface area (Å²) < 4.78 is 2.25. The highest BCUT2D eigenvalue weighted by Crippen LogP contribution is 2.08. The largest absolute Gasteiger partial charge is 0.333 e. The molecular formula is C12H23N5. The maximum absolute atomic E-state index is 4.37. The minimum absolute atomic E-state index is 0.988. The number of fused-ring (bicyclic) bond motifs is 1. The van der Waals surface area contributed by atoms with Crippen LogP contribution in [0.3, 0.4) is 0 Å².